The third kappa shape index (κ3) is 2.52. The molecular formula is C16H15BrFN. The first-order valence-electron chi connectivity index (χ1n) is 6.44. The number of rotatable bonds is 1. The molecule has 19 heavy (non-hydrogen) atoms. The molecule has 0 saturated heterocycles. The van der Waals surface area contributed by atoms with Gasteiger partial charge in [-0.25, -0.2) is 4.39 Å². The maximum absolute atomic E-state index is 13.3. The number of anilines is 1. The second-order valence-corrected chi connectivity index (χ2v) is 5.90. The van der Waals surface area contributed by atoms with Gasteiger partial charge in [-0.05, 0) is 54.7 Å². The van der Waals surface area contributed by atoms with Gasteiger partial charge in [0, 0.05) is 10.2 Å². The smallest absolute Gasteiger partial charge is 0.123 e. The Morgan fingerprint density at radius 1 is 1.26 bits per heavy atom. The number of benzene rings is 2. The van der Waals surface area contributed by atoms with Gasteiger partial charge in [0.05, 0.1) is 6.04 Å². The Balaban J connectivity index is 1.92. The molecule has 0 saturated carbocycles. The van der Waals surface area contributed by atoms with Gasteiger partial charge < -0.3 is 5.32 Å². The van der Waals surface area contributed by atoms with Crippen molar-refractivity contribution in [3.8, 4) is 0 Å². The maximum atomic E-state index is 13.3. The van der Waals surface area contributed by atoms with Crippen LogP contribution >= 0.6 is 15.9 Å². The summed E-state index contributed by atoms with van der Waals surface area (Å²) in [5.74, 6) is -0.171. The first-order valence-corrected chi connectivity index (χ1v) is 7.24. The summed E-state index contributed by atoms with van der Waals surface area (Å²) >= 11 is 3.56. The lowest BCUT2D eigenvalue weighted by Crippen LogP contribution is -2.18. The van der Waals surface area contributed by atoms with E-state index in [0.717, 1.165) is 28.6 Å². The number of hydrogen-bond acceptors (Lipinski definition) is 1. The molecule has 0 amide bonds. The van der Waals surface area contributed by atoms with Crippen LogP contribution in [0, 0.1) is 12.7 Å². The first kappa shape index (κ1) is 12.7. The van der Waals surface area contributed by atoms with Crippen LogP contribution in [0.4, 0.5) is 10.1 Å². The summed E-state index contributed by atoms with van der Waals surface area (Å²) in [6.07, 6.45) is 2.02. The minimum atomic E-state index is -0.171. The number of nitrogens with one attached hydrogen (secondary N) is 1. The molecule has 1 heterocycles. The third-order valence-electron chi connectivity index (χ3n) is 3.67. The summed E-state index contributed by atoms with van der Waals surface area (Å²) in [4.78, 5) is 0. The Morgan fingerprint density at radius 2 is 2.11 bits per heavy atom. The molecule has 1 nitrogen and oxygen atoms in total. The topological polar surface area (TPSA) is 12.0 Å². The molecule has 0 fully saturated rings. The van der Waals surface area contributed by atoms with Crippen LogP contribution in [0.25, 0.3) is 0 Å². The van der Waals surface area contributed by atoms with Gasteiger partial charge in [0.15, 0.2) is 0 Å². The highest BCUT2D eigenvalue weighted by molar-refractivity contribution is 9.10. The van der Waals surface area contributed by atoms with E-state index >= 15 is 0 Å². The second-order valence-electron chi connectivity index (χ2n) is 5.05. The molecule has 3 rings (SSSR count). The van der Waals surface area contributed by atoms with Crippen LogP contribution in [-0.2, 0) is 6.42 Å². The van der Waals surface area contributed by atoms with Crippen molar-refractivity contribution in [2.45, 2.75) is 25.8 Å². The minimum Gasteiger partial charge on any atom is -0.378 e. The molecule has 1 N–H and O–H groups in total. The quantitative estimate of drug-likeness (QED) is 0.780. The highest BCUT2D eigenvalue weighted by Gasteiger charge is 2.20. The Bertz CT molecular complexity index is 624. The van der Waals surface area contributed by atoms with E-state index in [2.05, 4.69) is 40.3 Å². The van der Waals surface area contributed by atoms with Gasteiger partial charge in [-0.15, -0.1) is 0 Å². The molecule has 3 heteroatoms. The number of halogens is 2. The zero-order valence-corrected chi connectivity index (χ0v) is 12.3. The van der Waals surface area contributed by atoms with Crippen LogP contribution in [0.15, 0.2) is 40.9 Å². The van der Waals surface area contributed by atoms with Crippen LogP contribution in [0.5, 0.6) is 0 Å². The molecule has 0 spiro atoms. The number of hydrogen-bond donors (Lipinski definition) is 1. The molecule has 1 aliphatic heterocycles. The summed E-state index contributed by atoms with van der Waals surface area (Å²) in [7, 11) is 0. The average molecular weight is 320 g/mol. The number of aryl methyl sites for hydroxylation is 2. The highest BCUT2D eigenvalue weighted by atomic mass is 79.9. The molecule has 2 aromatic rings. The fourth-order valence-corrected chi connectivity index (χ4v) is 2.96. The normalized spacial score (nSPS) is 17.7. The van der Waals surface area contributed by atoms with E-state index in [9.17, 15) is 4.39 Å². The van der Waals surface area contributed by atoms with Gasteiger partial charge in [-0.2, -0.15) is 0 Å². The van der Waals surface area contributed by atoms with Gasteiger partial charge in [0.2, 0.25) is 0 Å². The zero-order valence-electron chi connectivity index (χ0n) is 10.7. The van der Waals surface area contributed by atoms with E-state index in [4.69, 9.17) is 0 Å². The van der Waals surface area contributed by atoms with E-state index in [1.54, 1.807) is 12.1 Å². The van der Waals surface area contributed by atoms with Gasteiger partial charge >= 0.3 is 0 Å². The Morgan fingerprint density at radius 3 is 2.89 bits per heavy atom. The minimum absolute atomic E-state index is 0.171. The molecule has 98 valence electrons. The molecule has 2 aromatic carbocycles. The summed E-state index contributed by atoms with van der Waals surface area (Å²) in [5.41, 5.74) is 4.76. The van der Waals surface area contributed by atoms with Crippen molar-refractivity contribution in [2.24, 2.45) is 0 Å². The monoisotopic (exact) mass is 319 g/mol. The first-order chi connectivity index (χ1) is 9.13. The standard InChI is InChI=1S/C16H15BrFN/c1-10-7-12-5-6-15(19-16(12)9-14(10)17)11-3-2-4-13(18)8-11/h2-4,7-9,15,19H,5-6H2,1H3. The molecule has 0 radical (unpaired) electrons. The van der Waals surface area contributed by atoms with Crippen LogP contribution in [-0.4, -0.2) is 0 Å². The van der Waals surface area contributed by atoms with E-state index in [1.165, 1.54) is 17.2 Å². The Hall–Kier alpha value is -1.35. The van der Waals surface area contributed by atoms with Crippen LogP contribution < -0.4 is 5.32 Å². The van der Waals surface area contributed by atoms with Crippen molar-refractivity contribution in [2.75, 3.05) is 5.32 Å². The van der Waals surface area contributed by atoms with Crippen LogP contribution in [0.1, 0.15) is 29.2 Å². The SMILES string of the molecule is Cc1cc2c(cc1Br)NC(c1cccc(F)c1)CC2. The molecular weight excluding hydrogens is 305 g/mol. The molecule has 1 aliphatic rings. The zero-order chi connectivity index (χ0) is 13.4. The van der Waals surface area contributed by atoms with Crippen molar-refractivity contribution in [3.05, 3.63) is 63.4 Å². The van der Waals surface area contributed by atoms with Crippen LogP contribution in [0.2, 0.25) is 0 Å². The van der Waals surface area contributed by atoms with Crippen molar-refractivity contribution >= 4 is 21.6 Å². The molecule has 0 bridgehead atoms. The fraction of sp³-hybridized carbons (Fsp3) is 0.250. The lowest BCUT2D eigenvalue weighted by molar-refractivity contribution is 0.614. The van der Waals surface area contributed by atoms with Crippen molar-refractivity contribution in [1.82, 2.24) is 0 Å². The predicted molar refractivity (Wildman–Crippen MR) is 80.0 cm³/mol. The van der Waals surface area contributed by atoms with Crippen LogP contribution in [0.3, 0.4) is 0 Å². The van der Waals surface area contributed by atoms with Crippen molar-refractivity contribution in [3.63, 3.8) is 0 Å². The fourth-order valence-electron chi connectivity index (χ4n) is 2.62. The van der Waals surface area contributed by atoms with Crippen molar-refractivity contribution in [1.29, 1.82) is 0 Å². The lowest BCUT2D eigenvalue weighted by Gasteiger charge is -2.28. The maximum Gasteiger partial charge on any atom is 0.123 e. The van der Waals surface area contributed by atoms with E-state index < -0.39 is 0 Å². The second kappa shape index (κ2) is 4.97. The van der Waals surface area contributed by atoms with Crippen molar-refractivity contribution < 1.29 is 4.39 Å². The summed E-state index contributed by atoms with van der Waals surface area (Å²) < 4.78 is 14.4. The van der Waals surface area contributed by atoms with Gasteiger partial charge in [0.25, 0.3) is 0 Å². The Kier molecular flexibility index (Phi) is 3.31. The predicted octanol–water partition coefficient (Wildman–Crippen LogP) is 5.00. The van der Waals surface area contributed by atoms with E-state index in [0.29, 0.717) is 0 Å². The highest BCUT2D eigenvalue weighted by Crippen LogP contribution is 2.35. The summed E-state index contributed by atoms with van der Waals surface area (Å²) in [5, 5.41) is 3.51. The van der Waals surface area contributed by atoms with Gasteiger partial charge in [-0.3, -0.25) is 0 Å². The molecule has 0 aromatic heterocycles. The van der Waals surface area contributed by atoms with E-state index in [1.807, 2.05) is 6.07 Å². The summed E-state index contributed by atoms with van der Waals surface area (Å²) in [6, 6.07) is 11.4. The lowest BCUT2D eigenvalue weighted by atomic mass is 9.92. The number of fused-ring (bicyclic) bond motifs is 1. The Labute approximate surface area is 121 Å². The molecule has 0 aliphatic carbocycles. The molecule has 1 atom stereocenters. The summed E-state index contributed by atoms with van der Waals surface area (Å²) in [6.45, 7) is 2.10. The van der Waals surface area contributed by atoms with Gasteiger partial charge in [0.1, 0.15) is 5.82 Å². The van der Waals surface area contributed by atoms with Gasteiger partial charge in [-0.1, -0.05) is 34.1 Å². The molecule has 1 unspecified atom stereocenters. The van der Waals surface area contributed by atoms with E-state index in [-0.39, 0.29) is 11.9 Å². The third-order valence-corrected chi connectivity index (χ3v) is 4.52. The largest absolute Gasteiger partial charge is 0.378 e. The average Bonchev–Trinajstić information content (AvgIpc) is 2.39.